The molecule has 0 saturated heterocycles. The molecule has 114 valence electrons. The molecule has 2 N–H and O–H groups in total. The van der Waals surface area contributed by atoms with Crippen molar-refractivity contribution in [3.05, 3.63) is 23.9 Å². The number of hydrogen-bond acceptors (Lipinski definition) is 5. The van der Waals surface area contributed by atoms with Gasteiger partial charge in [-0.25, -0.2) is 4.68 Å². The number of ether oxygens (including phenoxy) is 3. The van der Waals surface area contributed by atoms with Crippen LogP contribution < -0.4 is 19.9 Å². The minimum absolute atomic E-state index is 0.522. The van der Waals surface area contributed by atoms with Crippen molar-refractivity contribution in [1.29, 1.82) is 0 Å². The molecule has 21 heavy (non-hydrogen) atoms. The molecule has 6 nitrogen and oxygen atoms in total. The SMILES string of the molecule is CCCc1nn(C)c(Oc2cc(OC)cc(OC)c2)c1N. The van der Waals surface area contributed by atoms with Crippen molar-refractivity contribution in [2.75, 3.05) is 20.0 Å². The van der Waals surface area contributed by atoms with E-state index in [-0.39, 0.29) is 0 Å². The first-order valence-electron chi connectivity index (χ1n) is 6.81. The van der Waals surface area contributed by atoms with Gasteiger partial charge in [0.05, 0.1) is 19.9 Å². The Morgan fingerprint density at radius 3 is 2.19 bits per heavy atom. The molecular formula is C15H21N3O3. The van der Waals surface area contributed by atoms with Crippen molar-refractivity contribution >= 4 is 5.69 Å². The van der Waals surface area contributed by atoms with Crippen molar-refractivity contribution in [3.8, 4) is 23.1 Å². The number of anilines is 1. The standard InChI is InChI=1S/C15H21N3O3/c1-5-6-13-14(16)15(18(2)17-13)21-12-8-10(19-3)7-11(9-12)20-4/h7-9H,5-6,16H2,1-4H3. The molecule has 1 heterocycles. The molecule has 0 bridgehead atoms. The lowest BCUT2D eigenvalue weighted by atomic mass is 10.2. The quantitative estimate of drug-likeness (QED) is 0.886. The van der Waals surface area contributed by atoms with Crippen LogP contribution in [-0.4, -0.2) is 24.0 Å². The Hall–Kier alpha value is -2.37. The van der Waals surface area contributed by atoms with Crippen molar-refractivity contribution in [2.24, 2.45) is 7.05 Å². The zero-order chi connectivity index (χ0) is 15.4. The maximum Gasteiger partial charge on any atom is 0.241 e. The van der Waals surface area contributed by atoms with Crippen LogP contribution in [0.15, 0.2) is 18.2 Å². The van der Waals surface area contributed by atoms with Gasteiger partial charge in [0.1, 0.15) is 22.9 Å². The van der Waals surface area contributed by atoms with Crippen LogP contribution in [-0.2, 0) is 13.5 Å². The third-order valence-electron chi connectivity index (χ3n) is 3.13. The summed E-state index contributed by atoms with van der Waals surface area (Å²) < 4.78 is 18.0. The summed E-state index contributed by atoms with van der Waals surface area (Å²) in [6, 6.07) is 5.32. The summed E-state index contributed by atoms with van der Waals surface area (Å²) in [7, 11) is 4.99. The van der Waals surface area contributed by atoms with Crippen molar-refractivity contribution < 1.29 is 14.2 Å². The number of benzene rings is 1. The first-order valence-corrected chi connectivity index (χ1v) is 6.81. The first-order chi connectivity index (χ1) is 10.1. The number of aryl methyl sites for hydroxylation is 2. The predicted octanol–water partition coefficient (Wildman–Crippen LogP) is 2.76. The summed E-state index contributed by atoms with van der Waals surface area (Å²) in [4.78, 5) is 0. The van der Waals surface area contributed by atoms with E-state index in [0.29, 0.717) is 28.8 Å². The van der Waals surface area contributed by atoms with Crippen LogP contribution in [0.2, 0.25) is 0 Å². The Bertz CT molecular complexity index is 601. The highest BCUT2D eigenvalue weighted by molar-refractivity contribution is 5.55. The predicted molar refractivity (Wildman–Crippen MR) is 81.2 cm³/mol. The van der Waals surface area contributed by atoms with Gasteiger partial charge in [-0.15, -0.1) is 0 Å². The highest BCUT2D eigenvalue weighted by Crippen LogP contribution is 2.34. The lowest BCUT2D eigenvalue weighted by molar-refractivity contribution is 0.381. The third kappa shape index (κ3) is 3.21. The molecule has 0 aliphatic rings. The molecule has 0 fully saturated rings. The second-order valence-electron chi connectivity index (χ2n) is 4.69. The Balaban J connectivity index is 2.33. The monoisotopic (exact) mass is 291 g/mol. The van der Waals surface area contributed by atoms with Crippen LogP contribution in [0.1, 0.15) is 19.0 Å². The summed E-state index contributed by atoms with van der Waals surface area (Å²) in [6.45, 7) is 2.08. The highest BCUT2D eigenvalue weighted by atomic mass is 16.5. The first kappa shape index (κ1) is 15.0. The summed E-state index contributed by atoms with van der Waals surface area (Å²) in [5, 5.41) is 4.39. The maximum atomic E-state index is 6.11. The number of nitrogens with zero attached hydrogens (tertiary/aromatic N) is 2. The molecule has 2 rings (SSSR count). The second kappa shape index (κ2) is 6.39. The Morgan fingerprint density at radius 2 is 1.67 bits per heavy atom. The number of hydrogen-bond donors (Lipinski definition) is 1. The van der Waals surface area contributed by atoms with Crippen molar-refractivity contribution in [3.63, 3.8) is 0 Å². The number of aromatic nitrogens is 2. The number of nitrogens with two attached hydrogens (primary N) is 1. The molecule has 6 heteroatoms. The Morgan fingerprint density at radius 1 is 1.10 bits per heavy atom. The average Bonchev–Trinajstić information content (AvgIpc) is 2.75. The van der Waals surface area contributed by atoms with Crippen molar-refractivity contribution in [2.45, 2.75) is 19.8 Å². The lowest BCUT2D eigenvalue weighted by Crippen LogP contribution is -1.98. The minimum Gasteiger partial charge on any atom is -0.496 e. The van der Waals surface area contributed by atoms with E-state index in [2.05, 4.69) is 12.0 Å². The summed E-state index contributed by atoms with van der Waals surface area (Å²) in [5.41, 5.74) is 7.53. The zero-order valence-electron chi connectivity index (χ0n) is 12.8. The van der Waals surface area contributed by atoms with E-state index >= 15 is 0 Å². The molecule has 0 radical (unpaired) electrons. The van der Waals surface area contributed by atoms with Gasteiger partial charge in [0.2, 0.25) is 5.88 Å². The van der Waals surface area contributed by atoms with Crippen molar-refractivity contribution in [1.82, 2.24) is 9.78 Å². The summed E-state index contributed by atoms with van der Waals surface area (Å²) in [5.74, 6) is 2.41. The van der Waals surface area contributed by atoms with Gasteiger partial charge < -0.3 is 19.9 Å². The zero-order valence-corrected chi connectivity index (χ0v) is 12.8. The fourth-order valence-corrected chi connectivity index (χ4v) is 2.07. The highest BCUT2D eigenvalue weighted by Gasteiger charge is 2.15. The number of methoxy groups -OCH3 is 2. The van der Waals surface area contributed by atoms with Crippen LogP contribution in [0.4, 0.5) is 5.69 Å². The number of nitrogen functional groups attached to an aromatic ring is 1. The Kier molecular flexibility index (Phi) is 4.57. The molecule has 0 amide bonds. The van der Waals surface area contributed by atoms with Crippen LogP contribution >= 0.6 is 0 Å². The van der Waals surface area contributed by atoms with Crippen LogP contribution in [0.5, 0.6) is 23.1 Å². The molecule has 0 unspecified atom stereocenters. The fourth-order valence-electron chi connectivity index (χ4n) is 2.07. The topological polar surface area (TPSA) is 71.5 Å². The summed E-state index contributed by atoms with van der Waals surface area (Å²) >= 11 is 0. The van der Waals surface area contributed by atoms with Crippen LogP contribution in [0, 0.1) is 0 Å². The van der Waals surface area contributed by atoms with Crippen LogP contribution in [0.3, 0.4) is 0 Å². The Labute approximate surface area is 124 Å². The average molecular weight is 291 g/mol. The van der Waals surface area contributed by atoms with E-state index in [1.807, 2.05) is 7.05 Å². The third-order valence-corrected chi connectivity index (χ3v) is 3.13. The van der Waals surface area contributed by atoms with Gasteiger partial charge in [0, 0.05) is 25.2 Å². The molecule has 0 saturated carbocycles. The molecule has 0 spiro atoms. The van der Waals surface area contributed by atoms with E-state index in [9.17, 15) is 0 Å². The minimum atomic E-state index is 0.522. The summed E-state index contributed by atoms with van der Waals surface area (Å²) in [6.07, 6.45) is 1.80. The molecule has 1 aromatic heterocycles. The molecule has 1 aromatic carbocycles. The van der Waals surface area contributed by atoms with E-state index < -0.39 is 0 Å². The number of rotatable bonds is 6. The molecule has 0 aliphatic carbocycles. The molecule has 0 atom stereocenters. The van der Waals surface area contributed by atoms with E-state index in [0.717, 1.165) is 18.5 Å². The van der Waals surface area contributed by atoms with Gasteiger partial charge >= 0.3 is 0 Å². The van der Waals surface area contributed by atoms with Gasteiger partial charge in [-0.3, -0.25) is 0 Å². The lowest BCUT2D eigenvalue weighted by Gasteiger charge is -2.10. The van der Waals surface area contributed by atoms with E-state index in [4.69, 9.17) is 19.9 Å². The van der Waals surface area contributed by atoms with Gasteiger partial charge in [-0.05, 0) is 6.42 Å². The van der Waals surface area contributed by atoms with Gasteiger partial charge in [-0.1, -0.05) is 13.3 Å². The van der Waals surface area contributed by atoms with Gasteiger partial charge in [0.15, 0.2) is 0 Å². The smallest absolute Gasteiger partial charge is 0.241 e. The molecular weight excluding hydrogens is 270 g/mol. The van der Waals surface area contributed by atoms with E-state index in [1.165, 1.54) is 0 Å². The normalized spacial score (nSPS) is 10.5. The van der Waals surface area contributed by atoms with Gasteiger partial charge in [-0.2, -0.15) is 5.10 Å². The van der Waals surface area contributed by atoms with Gasteiger partial charge in [0.25, 0.3) is 0 Å². The van der Waals surface area contributed by atoms with E-state index in [1.54, 1.807) is 37.1 Å². The second-order valence-corrected chi connectivity index (χ2v) is 4.69. The molecule has 0 aliphatic heterocycles. The molecule has 2 aromatic rings. The maximum absolute atomic E-state index is 6.11. The van der Waals surface area contributed by atoms with Crippen LogP contribution in [0.25, 0.3) is 0 Å². The largest absolute Gasteiger partial charge is 0.496 e. The fraction of sp³-hybridized carbons (Fsp3) is 0.400.